The lowest BCUT2D eigenvalue weighted by Gasteiger charge is -2.23. The molecule has 4 nitrogen and oxygen atoms in total. The molecule has 5 heteroatoms. The van der Waals surface area contributed by atoms with Crippen molar-refractivity contribution in [2.24, 2.45) is 11.7 Å². The molecule has 1 amide bonds. The third kappa shape index (κ3) is 5.59. The van der Waals surface area contributed by atoms with Gasteiger partial charge in [-0.15, -0.1) is 11.8 Å². The second-order valence-electron chi connectivity index (χ2n) is 5.44. The summed E-state index contributed by atoms with van der Waals surface area (Å²) in [6.45, 7) is 7.84. The Labute approximate surface area is 132 Å². The minimum absolute atomic E-state index is 0.0442. The van der Waals surface area contributed by atoms with Crippen LogP contribution >= 0.6 is 11.8 Å². The Morgan fingerprint density at radius 3 is 2.71 bits per heavy atom. The standard InChI is InChI=1S/C16H27N3OS/c1-5-21-15-8-6-7-14(13(15)9-17)19(4)11-16(20)18-10-12(2)3/h6-8,12H,5,9-11,17H2,1-4H3,(H,18,20). The molecule has 0 aromatic heterocycles. The largest absolute Gasteiger partial charge is 0.365 e. The molecule has 118 valence electrons. The lowest BCUT2D eigenvalue weighted by atomic mass is 10.1. The average molecular weight is 309 g/mol. The lowest BCUT2D eigenvalue weighted by Crippen LogP contribution is -2.37. The van der Waals surface area contributed by atoms with Crippen LogP contribution in [-0.2, 0) is 11.3 Å². The fraction of sp³-hybridized carbons (Fsp3) is 0.562. The Balaban J connectivity index is 2.79. The van der Waals surface area contributed by atoms with Crippen molar-refractivity contribution in [3.8, 4) is 0 Å². The van der Waals surface area contributed by atoms with Crippen LogP contribution in [0, 0.1) is 5.92 Å². The van der Waals surface area contributed by atoms with Gasteiger partial charge in [-0.25, -0.2) is 0 Å². The molecule has 0 fully saturated rings. The van der Waals surface area contributed by atoms with Gasteiger partial charge in [0.2, 0.25) is 5.91 Å². The summed E-state index contributed by atoms with van der Waals surface area (Å²) in [6.07, 6.45) is 0. The molecule has 3 N–H and O–H groups in total. The predicted molar refractivity (Wildman–Crippen MR) is 91.8 cm³/mol. The van der Waals surface area contributed by atoms with Gasteiger partial charge < -0.3 is 16.0 Å². The summed E-state index contributed by atoms with van der Waals surface area (Å²) in [4.78, 5) is 15.1. The zero-order valence-electron chi connectivity index (χ0n) is 13.5. The van der Waals surface area contributed by atoms with Crippen LogP contribution in [0.4, 0.5) is 5.69 Å². The number of rotatable bonds is 8. The van der Waals surface area contributed by atoms with E-state index in [1.54, 1.807) is 11.8 Å². The van der Waals surface area contributed by atoms with Crippen molar-refractivity contribution in [3.63, 3.8) is 0 Å². The van der Waals surface area contributed by atoms with Crippen LogP contribution in [0.25, 0.3) is 0 Å². The highest BCUT2D eigenvalue weighted by Gasteiger charge is 2.13. The molecule has 0 bridgehead atoms. The number of amides is 1. The molecule has 0 heterocycles. The normalized spacial score (nSPS) is 10.8. The highest BCUT2D eigenvalue weighted by Crippen LogP contribution is 2.29. The Bertz CT molecular complexity index is 463. The van der Waals surface area contributed by atoms with Crippen molar-refractivity contribution >= 4 is 23.4 Å². The summed E-state index contributed by atoms with van der Waals surface area (Å²) in [5.74, 6) is 1.51. The zero-order valence-corrected chi connectivity index (χ0v) is 14.3. The molecule has 0 aliphatic rings. The molecule has 0 atom stereocenters. The van der Waals surface area contributed by atoms with Gasteiger partial charge >= 0.3 is 0 Å². The Hall–Kier alpha value is -1.20. The maximum absolute atomic E-state index is 12.0. The number of likely N-dealkylation sites (N-methyl/N-ethyl adjacent to an activating group) is 1. The Morgan fingerprint density at radius 2 is 2.14 bits per heavy atom. The van der Waals surface area contributed by atoms with Crippen LogP contribution < -0.4 is 16.0 Å². The van der Waals surface area contributed by atoms with E-state index < -0.39 is 0 Å². The number of thioether (sulfide) groups is 1. The second kappa shape index (κ2) is 8.95. The molecule has 0 spiro atoms. The van der Waals surface area contributed by atoms with Gasteiger partial charge in [-0.05, 0) is 23.8 Å². The number of nitrogens with zero attached hydrogens (tertiary/aromatic N) is 1. The van der Waals surface area contributed by atoms with Crippen LogP contribution in [0.2, 0.25) is 0 Å². The van der Waals surface area contributed by atoms with Gasteiger partial charge in [0.05, 0.1) is 6.54 Å². The molecule has 0 aliphatic heterocycles. The number of carbonyl (C=O) groups excluding carboxylic acids is 1. The van der Waals surface area contributed by atoms with Crippen LogP contribution in [0.1, 0.15) is 26.3 Å². The van der Waals surface area contributed by atoms with Gasteiger partial charge in [-0.1, -0.05) is 26.8 Å². The average Bonchev–Trinajstić information content (AvgIpc) is 2.45. The van der Waals surface area contributed by atoms with E-state index in [9.17, 15) is 4.79 Å². The number of nitrogens with one attached hydrogen (secondary N) is 1. The van der Waals surface area contributed by atoms with E-state index in [2.05, 4.69) is 32.2 Å². The van der Waals surface area contributed by atoms with Crippen molar-refractivity contribution in [2.75, 3.05) is 30.8 Å². The lowest BCUT2D eigenvalue weighted by molar-refractivity contribution is -0.119. The molecule has 1 rings (SSSR count). The molecule has 1 aromatic rings. The quantitative estimate of drug-likeness (QED) is 0.724. The maximum Gasteiger partial charge on any atom is 0.239 e. The molecular weight excluding hydrogens is 282 g/mol. The monoisotopic (exact) mass is 309 g/mol. The Morgan fingerprint density at radius 1 is 1.43 bits per heavy atom. The topological polar surface area (TPSA) is 58.4 Å². The van der Waals surface area contributed by atoms with Crippen molar-refractivity contribution in [3.05, 3.63) is 23.8 Å². The van der Waals surface area contributed by atoms with Crippen LogP contribution in [-0.4, -0.2) is 31.8 Å². The summed E-state index contributed by atoms with van der Waals surface area (Å²) in [5.41, 5.74) is 8.06. The van der Waals surface area contributed by atoms with Gasteiger partial charge in [0, 0.05) is 36.3 Å². The number of hydrogen-bond acceptors (Lipinski definition) is 4. The first-order valence-corrected chi connectivity index (χ1v) is 8.40. The smallest absolute Gasteiger partial charge is 0.239 e. The fourth-order valence-corrected chi connectivity index (χ4v) is 2.93. The van der Waals surface area contributed by atoms with E-state index in [-0.39, 0.29) is 5.91 Å². The molecule has 0 radical (unpaired) electrons. The highest BCUT2D eigenvalue weighted by molar-refractivity contribution is 7.99. The molecule has 0 unspecified atom stereocenters. The molecule has 0 aliphatic carbocycles. The maximum atomic E-state index is 12.0. The van der Waals surface area contributed by atoms with Crippen LogP contribution in [0.15, 0.2) is 23.1 Å². The highest BCUT2D eigenvalue weighted by atomic mass is 32.2. The van der Waals surface area contributed by atoms with E-state index in [1.165, 1.54) is 4.90 Å². The van der Waals surface area contributed by atoms with Crippen molar-refractivity contribution in [2.45, 2.75) is 32.2 Å². The summed E-state index contributed by atoms with van der Waals surface area (Å²) in [6, 6.07) is 6.14. The number of anilines is 1. The van der Waals surface area contributed by atoms with E-state index >= 15 is 0 Å². The Kier molecular flexibility index (Phi) is 7.61. The third-order valence-corrected chi connectivity index (χ3v) is 4.09. The van der Waals surface area contributed by atoms with Crippen molar-refractivity contribution in [1.82, 2.24) is 5.32 Å². The predicted octanol–water partition coefficient (Wildman–Crippen LogP) is 2.47. The molecule has 21 heavy (non-hydrogen) atoms. The molecular formula is C16H27N3OS. The first-order chi connectivity index (χ1) is 9.99. The molecule has 1 aromatic carbocycles. The third-order valence-electron chi connectivity index (χ3n) is 3.11. The number of hydrogen-bond donors (Lipinski definition) is 2. The number of benzene rings is 1. The SMILES string of the molecule is CCSc1cccc(N(C)CC(=O)NCC(C)C)c1CN. The molecule has 0 saturated carbocycles. The first-order valence-electron chi connectivity index (χ1n) is 7.42. The van der Waals surface area contributed by atoms with E-state index in [0.29, 0.717) is 25.6 Å². The first kappa shape index (κ1) is 17.9. The second-order valence-corrected chi connectivity index (χ2v) is 6.75. The van der Waals surface area contributed by atoms with Gasteiger partial charge in [-0.2, -0.15) is 0 Å². The van der Waals surface area contributed by atoms with Crippen LogP contribution in [0.3, 0.4) is 0 Å². The summed E-state index contributed by atoms with van der Waals surface area (Å²) in [7, 11) is 1.93. The van der Waals surface area contributed by atoms with Gasteiger partial charge in [0.1, 0.15) is 0 Å². The summed E-state index contributed by atoms with van der Waals surface area (Å²) in [5, 5.41) is 2.94. The van der Waals surface area contributed by atoms with E-state index in [4.69, 9.17) is 5.73 Å². The van der Waals surface area contributed by atoms with Crippen molar-refractivity contribution in [1.29, 1.82) is 0 Å². The summed E-state index contributed by atoms with van der Waals surface area (Å²) >= 11 is 1.78. The van der Waals surface area contributed by atoms with Gasteiger partial charge in [0.15, 0.2) is 0 Å². The minimum atomic E-state index is 0.0442. The number of nitrogens with two attached hydrogens (primary N) is 1. The number of carbonyl (C=O) groups is 1. The summed E-state index contributed by atoms with van der Waals surface area (Å²) < 4.78 is 0. The van der Waals surface area contributed by atoms with E-state index in [1.807, 2.05) is 24.1 Å². The van der Waals surface area contributed by atoms with E-state index in [0.717, 1.165) is 17.0 Å². The van der Waals surface area contributed by atoms with Gasteiger partial charge in [-0.3, -0.25) is 4.79 Å². The minimum Gasteiger partial charge on any atom is -0.365 e. The van der Waals surface area contributed by atoms with Gasteiger partial charge in [0.25, 0.3) is 0 Å². The van der Waals surface area contributed by atoms with Crippen LogP contribution in [0.5, 0.6) is 0 Å². The molecule has 0 saturated heterocycles. The van der Waals surface area contributed by atoms with Crippen molar-refractivity contribution < 1.29 is 4.79 Å². The zero-order chi connectivity index (χ0) is 15.8. The fourth-order valence-electron chi connectivity index (χ4n) is 2.08.